The Morgan fingerprint density at radius 3 is 1.37 bits per heavy atom. The molecule has 9 rings (SSSR count). The number of benzene rings is 6. The lowest BCUT2D eigenvalue weighted by atomic mass is 9.90. The molecule has 49 heavy (non-hydrogen) atoms. The Morgan fingerprint density at radius 2 is 0.816 bits per heavy atom. The van der Waals surface area contributed by atoms with Crippen LogP contribution in [0.4, 0.5) is 0 Å². The van der Waals surface area contributed by atoms with Crippen molar-refractivity contribution < 1.29 is 0 Å². The Labute approximate surface area is 284 Å². The highest BCUT2D eigenvalue weighted by Gasteiger charge is 2.25. The van der Waals surface area contributed by atoms with Crippen molar-refractivity contribution in [3.63, 3.8) is 0 Å². The smallest absolute Gasteiger partial charge is 0.145 e. The first-order valence-electron chi connectivity index (χ1n) is 16.4. The molecule has 0 fully saturated rings. The van der Waals surface area contributed by atoms with E-state index in [0.717, 1.165) is 83.4 Å². The molecule has 0 bridgehead atoms. The van der Waals surface area contributed by atoms with E-state index in [-0.39, 0.29) is 0 Å². The van der Waals surface area contributed by atoms with Crippen molar-refractivity contribution in [3.8, 4) is 61.6 Å². The minimum atomic E-state index is 0.872. The third-order valence-corrected chi connectivity index (χ3v) is 9.17. The second-order valence-electron chi connectivity index (χ2n) is 12.1. The number of imidazole rings is 1. The average molecular weight is 627 g/mol. The van der Waals surface area contributed by atoms with Gasteiger partial charge in [-0.15, -0.1) is 0 Å². The molecule has 3 aromatic heterocycles. The molecule has 6 aromatic carbocycles. The first kappa shape index (κ1) is 28.6. The summed E-state index contributed by atoms with van der Waals surface area (Å²) in [7, 11) is 0. The monoisotopic (exact) mass is 626 g/mol. The van der Waals surface area contributed by atoms with E-state index in [4.69, 9.17) is 4.98 Å². The molecular formula is C45H30N4. The second kappa shape index (κ2) is 12.2. The zero-order chi connectivity index (χ0) is 32.6. The molecule has 4 nitrogen and oxygen atoms in total. The van der Waals surface area contributed by atoms with Gasteiger partial charge in [0.15, 0.2) is 0 Å². The maximum Gasteiger partial charge on any atom is 0.145 e. The topological polar surface area (TPSA) is 43.6 Å². The van der Waals surface area contributed by atoms with Crippen LogP contribution in [-0.4, -0.2) is 19.5 Å². The highest BCUT2D eigenvalue weighted by Crippen LogP contribution is 2.46. The predicted octanol–water partition coefficient (Wildman–Crippen LogP) is 11.3. The van der Waals surface area contributed by atoms with Gasteiger partial charge in [0.1, 0.15) is 5.82 Å². The van der Waals surface area contributed by atoms with Crippen molar-refractivity contribution in [1.82, 2.24) is 19.5 Å². The lowest BCUT2D eigenvalue weighted by Gasteiger charge is -2.17. The number of rotatable bonds is 6. The fraction of sp³-hybridized carbons (Fsp3) is 0. The Kier molecular flexibility index (Phi) is 7.10. The fourth-order valence-electron chi connectivity index (χ4n) is 6.99. The van der Waals surface area contributed by atoms with Gasteiger partial charge in [-0.25, -0.2) is 4.98 Å². The summed E-state index contributed by atoms with van der Waals surface area (Å²) in [5.74, 6) is 0.872. The van der Waals surface area contributed by atoms with Crippen LogP contribution < -0.4 is 0 Å². The summed E-state index contributed by atoms with van der Waals surface area (Å²) in [6.45, 7) is 0. The third-order valence-electron chi connectivity index (χ3n) is 9.17. The van der Waals surface area contributed by atoms with Crippen molar-refractivity contribution >= 4 is 21.8 Å². The number of hydrogen-bond donors (Lipinski definition) is 0. The molecular weight excluding hydrogens is 597 g/mol. The van der Waals surface area contributed by atoms with Crippen LogP contribution in [0.5, 0.6) is 0 Å². The van der Waals surface area contributed by atoms with E-state index in [1.807, 2.05) is 24.8 Å². The largest absolute Gasteiger partial charge is 0.292 e. The highest BCUT2D eigenvalue weighted by atomic mass is 15.1. The van der Waals surface area contributed by atoms with E-state index in [9.17, 15) is 0 Å². The average Bonchev–Trinajstić information content (AvgIpc) is 3.58. The minimum absolute atomic E-state index is 0.872. The standard InChI is InChI=1S/C45H30N4/c1-4-12-31(13-5-1)35-28-36(32-14-6-2-7-15-32)30-37(29-35)45-48-43-41(33-20-24-46-25-21-33)39-18-10-11-19-40(39)42(34-22-26-47-27-23-34)44(43)49(45)38-16-8-3-9-17-38/h1-30H. The molecule has 4 heteroatoms. The zero-order valence-corrected chi connectivity index (χ0v) is 26.6. The van der Waals surface area contributed by atoms with Crippen molar-refractivity contribution in [3.05, 3.63) is 183 Å². The maximum absolute atomic E-state index is 5.67. The van der Waals surface area contributed by atoms with Crippen molar-refractivity contribution in [2.45, 2.75) is 0 Å². The zero-order valence-electron chi connectivity index (χ0n) is 26.6. The number of fused-ring (bicyclic) bond motifs is 2. The summed E-state index contributed by atoms with van der Waals surface area (Å²) >= 11 is 0. The van der Waals surface area contributed by atoms with Crippen molar-refractivity contribution in [1.29, 1.82) is 0 Å². The van der Waals surface area contributed by atoms with Crippen LogP contribution >= 0.6 is 0 Å². The molecule has 0 saturated heterocycles. The molecule has 0 aliphatic heterocycles. The summed E-state index contributed by atoms with van der Waals surface area (Å²) in [6, 6.07) is 55.6. The fourth-order valence-corrected chi connectivity index (χ4v) is 6.99. The minimum Gasteiger partial charge on any atom is -0.292 e. The Balaban J connectivity index is 1.47. The molecule has 3 heterocycles. The number of pyridine rings is 2. The number of aromatic nitrogens is 4. The van der Waals surface area contributed by atoms with Gasteiger partial charge in [-0.1, -0.05) is 103 Å². The molecule has 0 atom stereocenters. The van der Waals surface area contributed by atoms with E-state index in [2.05, 4.69) is 172 Å². The number of para-hydroxylation sites is 1. The quantitative estimate of drug-likeness (QED) is 0.184. The van der Waals surface area contributed by atoms with Gasteiger partial charge in [-0.3, -0.25) is 14.5 Å². The summed E-state index contributed by atoms with van der Waals surface area (Å²) in [4.78, 5) is 14.4. The van der Waals surface area contributed by atoms with Crippen LogP contribution in [0.15, 0.2) is 183 Å². The van der Waals surface area contributed by atoms with E-state index in [0.29, 0.717) is 0 Å². The van der Waals surface area contributed by atoms with Gasteiger partial charge in [0, 0.05) is 47.2 Å². The normalized spacial score (nSPS) is 11.3. The molecule has 0 aliphatic carbocycles. The third kappa shape index (κ3) is 5.07. The van der Waals surface area contributed by atoms with Crippen LogP contribution in [0.2, 0.25) is 0 Å². The van der Waals surface area contributed by atoms with E-state index >= 15 is 0 Å². The van der Waals surface area contributed by atoms with E-state index in [1.54, 1.807) is 0 Å². The van der Waals surface area contributed by atoms with Gasteiger partial charge >= 0.3 is 0 Å². The Bertz CT molecular complexity index is 2500. The Hall–Kier alpha value is -6.65. The van der Waals surface area contributed by atoms with Gasteiger partial charge in [-0.05, 0) is 98.8 Å². The van der Waals surface area contributed by atoms with Gasteiger partial charge in [-0.2, -0.15) is 0 Å². The molecule has 0 spiro atoms. The predicted molar refractivity (Wildman–Crippen MR) is 201 cm³/mol. The van der Waals surface area contributed by atoms with Crippen LogP contribution in [0.25, 0.3) is 83.4 Å². The van der Waals surface area contributed by atoms with E-state index < -0.39 is 0 Å². The molecule has 0 unspecified atom stereocenters. The first-order chi connectivity index (χ1) is 24.3. The molecule has 0 N–H and O–H groups in total. The summed E-state index contributed by atoms with van der Waals surface area (Å²) in [6.07, 6.45) is 7.45. The number of hydrogen-bond acceptors (Lipinski definition) is 3. The van der Waals surface area contributed by atoms with Crippen LogP contribution in [-0.2, 0) is 0 Å². The SMILES string of the molecule is c1ccc(-c2cc(-c3ccccc3)cc(-c3nc4c(-c5ccncc5)c5ccccc5c(-c5ccncc5)c4n3-c3ccccc3)c2)cc1. The highest BCUT2D eigenvalue weighted by molar-refractivity contribution is 6.20. The molecule has 0 aliphatic rings. The van der Waals surface area contributed by atoms with Crippen LogP contribution in [0.3, 0.4) is 0 Å². The molecule has 9 aromatic rings. The van der Waals surface area contributed by atoms with Crippen LogP contribution in [0.1, 0.15) is 0 Å². The summed E-state index contributed by atoms with van der Waals surface area (Å²) < 4.78 is 2.35. The molecule has 0 radical (unpaired) electrons. The van der Waals surface area contributed by atoms with Gasteiger partial charge in [0.05, 0.1) is 11.0 Å². The van der Waals surface area contributed by atoms with E-state index in [1.165, 1.54) is 0 Å². The molecule has 230 valence electrons. The summed E-state index contributed by atoms with van der Waals surface area (Å²) in [5.41, 5.74) is 13.0. The molecule has 0 saturated carbocycles. The van der Waals surface area contributed by atoms with Crippen molar-refractivity contribution in [2.75, 3.05) is 0 Å². The van der Waals surface area contributed by atoms with Gasteiger partial charge < -0.3 is 0 Å². The summed E-state index contributed by atoms with van der Waals surface area (Å²) in [5, 5.41) is 2.29. The van der Waals surface area contributed by atoms with Crippen LogP contribution in [0, 0.1) is 0 Å². The number of nitrogens with zero attached hydrogens (tertiary/aromatic N) is 4. The maximum atomic E-state index is 5.67. The lowest BCUT2D eigenvalue weighted by molar-refractivity contribution is 1.10. The van der Waals surface area contributed by atoms with Gasteiger partial charge in [0.25, 0.3) is 0 Å². The van der Waals surface area contributed by atoms with Gasteiger partial charge in [0.2, 0.25) is 0 Å². The Morgan fingerprint density at radius 1 is 0.367 bits per heavy atom. The first-order valence-corrected chi connectivity index (χ1v) is 16.4. The molecule has 0 amide bonds. The lowest BCUT2D eigenvalue weighted by Crippen LogP contribution is -2.00. The second-order valence-corrected chi connectivity index (χ2v) is 12.1. The van der Waals surface area contributed by atoms with Crippen molar-refractivity contribution in [2.24, 2.45) is 0 Å².